The summed E-state index contributed by atoms with van der Waals surface area (Å²) in [5.74, 6) is 0.824. The van der Waals surface area contributed by atoms with Crippen molar-refractivity contribution < 1.29 is 9.53 Å². The van der Waals surface area contributed by atoms with Crippen molar-refractivity contribution in [3.8, 4) is 5.75 Å². The van der Waals surface area contributed by atoms with E-state index in [1.54, 1.807) is 42.7 Å². The van der Waals surface area contributed by atoms with Gasteiger partial charge >= 0.3 is 0 Å². The summed E-state index contributed by atoms with van der Waals surface area (Å²) in [5, 5.41) is 4.52. The van der Waals surface area contributed by atoms with Gasteiger partial charge in [-0.2, -0.15) is 0 Å². The molecule has 0 atom stereocenters. The average Bonchev–Trinajstić information content (AvgIpc) is 2.98. The number of hydrogen-bond donors (Lipinski definition) is 1. The van der Waals surface area contributed by atoms with Crippen LogP contribution in [0.3, 0.4) is 0 Å². The van der Waals surface area contributed by atoms with Crippen LogP contribution in [0.5, 0.6) is 5.75 Å². The third-order valence-electron chi connectivity index (χ3n) is 4.22. The Morgan fingerprint density at radius 3 is 2.76 bits per heavy atom. The number of ether oxygens (including phenoxy) is 1. The summed E-state index contributed by atoms with van der Waals surface area (Å²) in [4.78, 5) is 19.1. The molecule has 128 valence electrons. The molecule has 1 aliphatic heterocycles. The topological polar surface area (TPSA) is 54.5 Å². The molecule has 0 aliphatic carbocycles. The van der Waals surface area contributed by atoms with Gasteiger partial charge in [0.1, 0.15) is 5.75 Å². The van der Waals surface area contributed by atoms with Crippen molar-refractivity contribution in [3.05, 3.63) is 47.5 Å². The Morgan fingerprint density at radius 2 is 2.04 bits per heavy atom. The molecule has 25 heavy (non-hydrogen) atoms. The van der Waals surface area contributed by atoms with Gasteiger partial charge in [0.25, 0.3) is 0 Å². The Balaban J connectivity index is 1.39. The van der Waals surface area contributed by atoms with E-state index in [1.807, 2.05) is 18.2 Å². The van der Waals surface area contributed by atoms with E-state index in [1.165, 1.54) is 0 Å². The van der Waals surface area contributed by atoms with E-state index in [-0.39, 0.29) is 11.8 Å². The summed E-state index contributed by atoms with van der Waals surface area (Å²) in [7, 11) is 1.66. The molecule has 5 nitrogen and oxygen atoms in total. The van der Waals surface area contributed by atoms with E-state index >= 15 is 0 Å². The summed E-state index contributed by atoms with van der Waals surface area (Å²) in [5.41, 5.74) is 1.72. The van der Waals surface area contributed by atoms with Crippen molar-refractivity contribution >= 4 is 49.9 Å². The number of methoxy groups -OCH3 is 1. The Hall–Kier alpha value is -2.31. The zero-order valence-electron chi connectivity index (χ0n) is 13.5. The van der Waals surface area contributed by atoms with E-state index in [9.17, 15) is 4.79 Å². The van der Waals surface area contributed by atoms with E-state index in [2.05, 4.69) is 15.2 Å². The van der Waals surface area contributed by atoms with Gasteiger partial charge in [-0.15, -0.1) is 0 Å². The second-order valence-corrected chi connectivity index (χ2v) is 7.37. The number of nitrogens with zero attached hydrogens (tertiary/aromatic N) is 2. The lowest BCUT2D eigenvalue weighted by molar-refractivity contribution is -0.120. The van der Waals surface area contributed by atoms with E-state index in [4.69, 9.17) is 16.3 Å². The first-order valence-corrected chi connectivity index (χ1v) is 9.08. The highest BCUT2D eigenvalue weighted by atomic mass is 35.5. The molecular formula is C18H16ClN3O2S. The van der Waals surface area contributed by atoms with Crippen LogP contribution in [0, 0.1) is 5.92 Å². The normalized spacial score (nSPS) is 14.4. The number of nitrogens with one attached hydrogen (secondary N) is 1. The SMILES string of the molecule is COc1ccc2nc(N3CC(C(=O)Nc4ccc(Cl)cc4)C3)sc2c1. The molecule has 4 rings (SSSR count). The maximum absolute atomic E-state index is 12.3. The van der Waals surface area contributed by atoms with Crippen molar-refractivity contribution in [2.75, 3.05) is 30.4 Å². The quantitative estimate of drug-likeness (QED) is 0.750. The van der Waals surface area contributed by atoms with Crippen molar-refractivity contribution in [1.82, 2.24) is 4.98 Å². The van der Waals surface area contributed by atoms with E-state index in [0.717, 1.165) is 26.8 Å². The zero-order valence-corrected chi connectivity index (χ0v) is 15.1. The van der Waals surface area contributed by atoms with Gasteiger partial charge in [0.05, 0.1) is 23.2 Å². The number of fused-ring (bicyclic) bond motifs is 1. The number of carbonyl (C=O) groups excluding carboxylic acids is 1. The molecule has 0 saturated carbocycles. The molecule has 2 aromatic carbocycles. The third kappa shape index (κ3) is 3.27. The van der Waals surface area contributed by atoms with Gasteiger partial charge in [-0.25, -0.2) is 4.98 Å². The fourth-order valence-corrected chi connectivity index (χ4v) is 3.87. The Labute approximate surface area is 154 Å². The number of halogens is 1. The monoisotopic (exact) mass is 373 g/mol. The van der Waals surface area contributed by atoms with Crippen LogP contribution >= 0.6 is 22.9 Å². The molecule has 7 heteroatoms. The highest BCUT2D eigenvalue weighted by Gasteiger charge is 2.34. The number of carbonyl (C=O) groups is 1. The Kier molecular flexibility index (Phi) is 4.23. The summed E-state index contributed by atoms with van der Waals surface area (Å²) in [6.45, 7) is 1.35. The fraction of sp³-hybridized carbons (Fsp3) is 0.222. The fourth-order valence-electron chi connectivity index (χ4n) is 2.73. The van der Waals surface area contributed by atoms with Gasteiger partial charge in [-0.3, -0.25) is 4.79 Å². The molecular weight excluding hydrogens is 358 g/mol. The largest absolute Gasteiger partial charge is 0.497 e. The second-order valence-electron chi connectivity index (χ2n) is 5.93. The van der Waals surface area contributed by atoms with E-state index < -0.39 is 0 Å². The number of amides is 1. The van der Waals surface area contributed by atoms with Crippen LogP contribution in [0.4, 0.5) is 10.8 Å². The lowest BCUT2D eigenvalue weighted by Crippen LogP contribution is -2.52. The average molecular weight is 374 g/mol. The molecule has 1 saturated heterocycles. The van der Waals surface area contributed by atoms with Crippen molar-refractivity contribution in [2.45, 2.75) is 0 Å². The number of thiazole rings is 1. The van der Waals surface area contributed by atoms with Crippen molar-refractivity contribution in [1.29, 1.82) is 0 Å². The molecule has 3 aromatic rings. The smallest absolute Gasteiger partial charge is 0.231 e. The lowest BCUT2D eigenvalue weighted by Gasteiger charge is -2.37. The van der Waals surface area contributed by atoms with E-state index in [0.29, 0.717) is 18.1 Å². The molecule has 1 N–H and O–H groups in total. The van der Waals surface area contributed by atoms with Gasteiger partial charge in [0, 0.05) is 23.8 Å². The van der Waals surface area contributed by atoms with Gasteiger partial charge in [-0.1, -0.05) is 22.9 Å². The van der Waals surface area contributed by atoms with Crippen molar-refractivity contribution in [3.63, 3.8) is 0 Å². The predicted octanol–water partition coefficient (Wildman–Crippen LogP) is 4.03. The number of hydrogen-bond acceptors (Lipinski definition) is 5. The van der Waals surface area contributed by atoms with Crippen LogP contribution in [-0.4, -0.2) is 31.1 Å². The number of aromatic nitrogens is 1. The summed E-state index contributed by atoms with van der Waals surface area (Å²) in [6.07, 6.45) is 0. The van der Waals surface area contributed by atoms with Crippen LogP contribution in [0.25, 0.3) is 10.2 Å². The molecule has 0 unspecified atom stereocenters. The van der Waals surface area contributed by atoms with Crippen LogP contribution in [0.15, 0.2) is 42.5 Å². The first-order valence-electron chi connectivity index (χ1n) is 7.88. The van der Waals surface area contributed by atoms with Gasteiger partial charge in [0.15, 0.2) is 5.13 Å². The number of benzene rings is 2. The molecule has 1 amide bonds. The first kappa shape index (κ1) is 16.2. The lowest BCUT2D eigenvalue weighted by atomic mass is 10.00. The first-order chi connectivity index (χ1) is 12.1. The minimum absolute atomic E-state index is 0.0290. The zero-order chi connectivity index (χ0) is 17.4. The number of rotatable bonds is 4. The summed E-state index contributed by atoms with van der Waals surface area (Å²) in [6, 6.07) is 13.0. The molecule has 1 fully saturated rings. The molecule has 0 radical (unpaired) electrons. The third-order valence-corrected chi connectivity index (χ3v) is 5.55. The van der Waals surface area contributed by atoms with Crippen LogP contribution < -0.4 is 15.0 Å². The highest BCUT2D eigenvalue weighted by molar-refractivity contribution is 7.22. The molecule has 0 spiro atoms. The maximum atomic E-state index is 12.3. The van der Waals surface area contributed by atoms with Crippen molar-refractivity contribution in [2.24, 2.45) is 5.92 Å². The van der Waals surface area contributed by atoms with Crippen LogP contribution in [0.1, 0.15) is 0 Å². The molecule has 1 aliphatic rings. The second kappa shape index (κ2) is 6.54. The number of anilines is 2. The minimum atomic E-state index is -0.0303. The predicted molar refractivity (Wildman–Crippen MR) is 102 cm³/mol. The molecule has 1 aromatic heterocycles. The maximum Gasteiger partial charge on any atom is 0.231 e. The molecule has 2 heterocycles. The van der Waals surface area contributed by atoms with Crippen LogP contribution in [-0.2, 0) is 4.79 Å². The highest BCUT2D eigenvalue weighted by Crippen LogP contribution is 2.34. The Morgan fingerprint density at radius 1 is 1.28 bits per heavy atom. The molecule has 0 bridgehead atoms. The summed E-state index contributed by atoms with van der Waals surface area (Å²) < 4.78 is 6.34. The van der Waals surface area contributed by atoms with Gasteiger partial charge in [0.2, 0.25) is 5.91 Å². The Bertz CT molecular complexity index is 920. The van der Waals surface area contributed by atoms with Gasteiger partial charge in [-0.05, 0) is 42.5 Å². The summed E-state index contributed by atoms with van der Waals surface area (Å²) >= 11 is 7.47. The van der Waals surface area contributed by atoms with Crippen LogP contribution in [0.2, 0.25) is 5.02 Å². The van der Waals surface area contributed by atoms with Gasteiger partial charge < -0.3 is 15.0 Å². The minimum Gasteiger partial charge on any atom is -0.497 e. The standard InChI is InChI=1S/C18H16ClN3O2S/c1-24-14-6-7-15-16(8-14)25-18(21-15)22-9-11(10-22)17(23)20-13-4-2-12(19)3-5-13/h2-8,11H,9-10H2,1H3,(H,20,23).